The fourth-order valence-corrected chi connectivity index (χ4v) is 3.34. The quantitative estimate of drug-likeness (QED) is 0.286. The van der Waals surface area contributed by atoms with E-state index in [0.717, 1.165) is 30.3 Å². The van der Waals surface area contributed by atoms with Crippen molar-refractivity contribution in [3.8, 4) is 0 Å². The highest BCUT2D eigenvalue weighted by molar-refractivity contribution is 14.0. The summed E-state index contributed by atoms with van der Waals surface area (Å²) in [5.41, 5.74) is 3.13. The number of halogens is 1. The number of carbonyl (C=O) groups is 1. The smallest absolute Gasteiger partial charge is 0.238 e. The third kappa shape index (κ3) is 8.57. The van der Waals surface area contributed by atoms with Crippen molar-refractivity contribution in [3.63, 3.8) is 0 Å². The molecule has 0 fully saturated rings. The van der Waals surface area contributed by atoms with Crippen LogP contribution >= 0.6 is 35.3 Å². The standard InChI is InChI=1S/C20H29N5OS.HI/c1-5-21-20(23-13-18-15(2)9-10-27-18)22-12-16-7-6-8-17(11-16)24-19(26)14-25(3)4;/h6-11H,5,12-14H2,1-4H3,(H,24,26)(H2,21,22,23);1H. The van der Waals surface area contributed by atoms with Crippen LogP contribution in [0, 0.1) is 6.92 Å². The molecule has 1 aromatic heterocycles. The van der Waals surface area contributed by atoms with Gasteiger partial charge < -0.3 is 20.9 Å². The van der Waals surface area contributed by atoms with Crippen LogP contribution in [0.3, 0.4) is 0 Å². The fourth-order valence-electron chi connectivity index (χ4n) is 2.50. The SMILES string of the molecule is CCNC(=NCc1cccc(NC(=O)CN(C)C)c1)NCc1sccc1C.I. The molecular formula is C20H30IN5OS. The summed E-state index contributed by atoms with van der Waals surface area (Å²) >= 11 is 1.75. The first-order valence-corrected chi connectivity index (χ1v) is 9.94. The highest BCUT2D eigenvalue weighted by Crippen LogP contribution is 2.15. The third-order valence-electron chi connectivity index (χ3n) is 3.82. The van der Waals surface area contributed by atoms with Crippen molar-refractivity contribution < 1.29 is 4.79 Å². The Morgan fingerprint density at radius 2 is 2.00 bits per heavy atom. The van der Waals surface area contributed by atoms with Crippen LogP contribution in [0.25, 0.3) is 0 Å². The molecule has 0 unspecified atom stereocenters. The molecule has 0 aliphatic rings. The molecule has 8 heteroatoms. The number of anilines is 1. The number of carbonyl (C=O) groups excluding carboxylic acids is 1. The van der Waals surface area contributed by atoms with Crippen LogP contribution in [0.15, 0.2) is 40.7 Å². The number of thiophene rings is 1. The molecule has 0 bridgehead atoms. The Hall–Kier alpha value is -1.65. The number of guanidine groups is 1. The van der Waals surface area contributed by atoms with Crippen molar-refractivity contribution in [3.05, 3.63) is 51.7 Å². The van der Waals surface area contributed by atoms with Gasteiger partial charge in [-0.15, -0.1) is 35.3 Å². The van der Waals surface area contributed by atoms with E-state index in [2.05, 4.69) is 46.2 Å². The van der Waals surface area contributed by atoms with Crippen molar-refractivity contribution >= 4 is 52.9 Å². The summed E-state index contributed by atoms with van der Waals surface area (Å²) in [6, 6.07) is 9.93. The lowest BCUT2D eigenvalue weighted by Crippen LogP contribution is -2.36. The Bertz CT molecular complexity index is 775. The van der Waals surface area contributed by atoms with Gasteiger partial charge in [0.15, 0.2) is 5.96 Å². The lowest BCUT2D eigenvalue weighted by Gasteiger charge is -2.12. The minimum atomic E-state index is -0.0259. The molecule has 154 valence electrons. The molecule has 6 nitrogen and oxygen atoms in total. The monoisotopic (exact) mass is 515 g/mol. The molecule has 0 radical (unpaired) electrons. The predicted octanol–water partition coefficient (Wildman–Crippen LogP) is 3.43. The summed E-state index contributed by atoms with van der Waals surface area (Å²) in [6.07, 6.45) is 0. The van der Waals surface area contributed by atoms with Gasteiger partial charge in [-0.1, -0.05) is 12.1 Å². The Morgan fingerprint density at radius 3 is 2.64 bits per heavy atom. The van der Waals surface area contributed by atoms with E-state index < -0.39 is 0 Å². The van der Waals surface area contributed by atoms with Crippen molar-refractivity contribution in [2.45, 2.75) is 26.9 Å². The maximum absolute atomic E-state index is 11.9. The largest absolute Gasteiger partial charge is 0.357 e. The van der Waals surface area contributed by atoms with E-state index in [1.54, 1.807) is 11.3 Å². The number of nitrogens with one attached hydrogen (secondary N) is 3. The molecule has 1 aromatic carbocycles. The van der Waals surface area contributed by atoms with Crippen molar-refractivity contribution in [1.29, 1.82) is 0 Å². The van der Waals surface area contributed by atoms with Gasteiger partial charge in [-0.05, 0) is 62.6 Å². The molecule has 2 rings (SSSR count). The predicted molar refractivity (Wildman–Crippen MR) is 130 cm³/mol. The third-order valence-corrected chi connectivity index (χ3v) is 4.84. The van der Waals surface area contributed by atoms with Gasteiger partial charge in [0, 0.05) is 17.1 Å². The summed E-state index contributed by atoms with van der Waals surface area (Å²) in [7, 11) is 3.75. The molecule has 0 aliphatic carbocycles. The second-order valence-corrected chi connectivity index (χ2v) is 7.56. The minimum absolute atomic E-state index is 0. The zero-order valence-electron chi connectivity index (χ0n) is 16.9. The first-order valence-electron chi connectivity index (χ1n) is 9.06. The number of aliphatic imine (C=N–C) groups is 1. The summed E-state index contributed by atoms with van der Waals surface area (Å²) in [4.78, 5) is 19.7. The van der Waals surface area contributed by atoms with Crippen molar-refractivity contribution in [1.82, 2.24) is 15.5 Å². The molecule has 3 N–H and O–H groups in total. The van der Waals surface area contributed by atoms with Crippen molar-refractivity contribution in [2.75, 3.05) is 32.5 Å². The molecule has 1 heterocycles. The Morgan fingerprint density at radius 1 is 1.21 bits per heavy atom. The lowest BCUT2D eigenvalue weighted by atomic mass is 10.2. The number of likely N-dealkylation sites (N-methyl/N-ethyl adjacent to an activating group) is 1. The topological polar surface area (TPSA) is 68.8 Å². The van der Waals surface area contributed by atoms with Gasteiger partial charge in [-0.25, -0.2) is 4.99 Å². The Labute approximate surface area is 188 Å². The van der Waals surface area contributed by atoms with Gasteiger partial charge in [0.2, 0.25) is 5.91 Å². The van der Waals surface area contributed by atoms with Gasteiger partial charge in [-0.3, -0.25) is 4.79 Å². The van der Waals surface area contributed by atoms with Gasteiger partial charge in [-0.2, -0.15) is 0 Å². The van der Waals surface area contributed by atoms with Crippen LogP contribution < -0.4 is 16.0 Å². The van der Waals surface area contributed by atoms with Crippen molar-refractivity contribution in [2.24, 2.45) is 4.99 Å². The molecule has 2 aromatic rings. The summed E-state index contributed by atoms with van der Waals surface area (Å²) < 4.78 is 0. The highest BCUT2D eigenvalue weighted by Gasteiger charge is 2.05. The molecule has 0 spiro atoms. The molecular weight excluding hydrogens is 485 g/mol. The van der Waals surface area contributed by atoms with Gasteiger partial charge in [0.05, 0.1) is 19.6 Å². The van der Waals surface area contributed by atoms with Crippen LogP contribution in [0.1, 0.15) is 22.9 Å². The number of benzene rings is 1. The summed E-state index contributed by atoms with van der Waals surface area (Å²) in [6.45, 7) is 6.63. The van der Waals surface area contributed by atoms with Crippen LogP contribution in [0.2, 0.25) is 0 Å². The van der Waals surface area contributed by atoms with Crippen LogP contribution in [-0.2, 0) is 17.9 Å². The highest BCUT2D eigenvalue weighted by atomic mass is 127. The molecule has 28 heavy (non-hydrogen) atoms. The van der Waals surface area contributed by atoms with E-state index in [0.29, 0.717) is 13.1 Å². The van der Waals surface area contributed by atoms with Crippen LogP contribution in [-0.4, -0.2) is 44.0 Å². The van der Waals surface area contributed by atoms with E-state index in [9.17, 15) is 4.79 Å². The number of hydrogen-bond donors (Lipinski definition) is 3. The van der Waals surface area contributed by atoms with Crippen LogP contribution in [0.4, 0.5) is 5.69 Å². The van der Waals surface area contributed by atoms with Gasteiger partial charge in [0.25, 0.3) is 0 Å². The number of aryl methyl sites for hydroxylation is 1. The number of amides is 1. The Kier molecular flexibility index (Phi) is 11.1. The van der Waals surface area contributed by atoms with Gasteiger partial charge >= 0.3 is 0 Å². The van der Waals surface area contributed by atoms with E-state index >= 15 is 0 Å². The second-order valence-electron chi connectivity index (χ2n) is 6.56. The first kappa shape index (κ1) is 24.4. The van der Waals surface area contributed by atoms with E-state index in [1.165, 1.54) is 10.4 Å². The first-order chi connectivity index (χ1) is 13.0. The van der Waals surface area contributed by atoms with E-state index in [4.69, 9.17) is 0 Å². The number of nitrogens with zero attached hydrogens (tertiary/aromatic N) is 2. The molecule has 0 saturated carbocycles. The average molecular weight is 515 g/mol. The minimum Gasteiger partial charge on any atom is -0.357 e. The number of rotatable bonds is 8. The second kappa shape index (κ2) is 12.7. The molecule has 0 atom stereocenters. The summed E-state index contributed by atoms with van der Waals surface area (Å²) in [5, 5.41) is 11.7. The molecule has 0 aliphatic heterocycles. The zero-order valence-corrected chi connectivity index (χ0v) is 20.1. The molecule has 0 saturated heterocycles. The normalized spacial score (nSPS) is 11.1. The fraction of sp³-hybridized carbons (Fsp3) is 0.400. The number of hydrogen-bond acceptors (Lipinski definition) is 4. The maximum atomic E-state index is 11.9. The molecule has 1 amide bonds. The summed E-state index contributed by atoms with van der Waals surface area (Å²) in [5.74, 6) is 0.759. The maximum Gasteiger partial charge on any atom is 0.238 e. The Balaban J connectivity index is 0.00000392. The average Bonchev–Trinajstić information content (AvgIpc) is 3.02. The van der Waals surface area contributed by atoms with Crippen LogP contribution in [0.5, 0.6) is 0 Å². The van der Waals surface area contributed by atoms with Gasteiger partial charge in [0.1, 0.15) is 0 Å². The van der Waals surface area contributed by atoms with E-state index in [1.807, 2.05) is 43.3 Å². The zero-order chi connectivity index (χ0) is 19.6. The lowest BCUT2D eigenvalue weighted by molar-refractivity contribution is -0.116. The van der Waals surface area contributed by atoms with E-state index in [-0.39, 0.29) is 29.9 Å².